The van der Waals surface area contributed by atoms with E-state index in [4.69, 9.17) is 0 Å². The van der Waals surface area contributed by atoms with E-state index in [0.717, 1.165) is 16.6 Å². The van der Waals surface area contributed by atoms with Crippen LogP contribution in [0.5, 0.6) is 0 Å². The van der Waals surface area contributed by atoms with Crippen molar-refractivity contribution in [3.8, 4) is 0 Å². The number of ketones is 1. The number of rotatable bonds is 15. The number of nitrogens with zero attached hydrogens (tertiary/aromatic N) is 1. The summed E-state index contributed by atoms with van der Waals surface area (Å²) in [5, 5.41) is 23.2. The zero-order valence-electron chi connectivity index (χ0n) is 31.5. The molecule has 2 aromatic rings. The number of alkyl halides is 3. The van der Waals surface area contributed by atoms with Gasteiger partial charge in [-0.05, 0) is 92.2 Å². The van der Waals surface area contributed by atoms with Gasteiger partial charge in [0.1, 0.15) is 23.8 Å². The molecule has 2 bridgehead atoms. The molecule has 4 unspecified atom stereocenters. The molecule has 0 radical (unpaired) electrons. The Kier molecular flexibility index (Phi) is 13.6. The number of benzene rings is 1. The minimum Gasteiger partial charge on any atom is -0.479 e. The Morgan fingerprint density at radius 1 is 1.05 bits per heavy atom. The standard InChI is InChI=1S/C39H47F3N6O9/c1-2-43-35(54)30(49)12-11-28(45-33(52)23-9-10-25-20-44-31(50)18-26(25)16-23)34(53)46-29-8-5-15-48(36(29)55)21-32(51)47-38(37(56)57)19-24-6-3-4-7-27(38)17-22(24)13-14-39(40,41)42/h5,8-10,15-16,22,24,27-28H,2-4,6-7,11-14,17-21H2,1H3,(H,43,54)(H,44,50)(H,45,52)(H,46,53)(H,47,51)(H,56,57)/t22?,24?,27?,28-,38?/m0/s1. The van der Waals surface area contributed by atoms with Gasteiger partial charge in [0.25, 0.3) is 17.4 Å². The lowest BCUT2D eigenvalue weighted by atomic mass is 9.59. The second-order valence-corrected chi connectivity index (χ2v) is 15.0. The first-order valence-electron chi connectivity index (χ1n) is 19.1. The molecular formula is C39H47F3N6O9. The van der Waals surface area contributed by atoms with E-state index < -0.39 is 84.0 Å². The topological polar surface area (TPSA) is 222 Å². The Labute approximate surface area is 325 Å². The summed E-state index contributed by atoms with van der Waals surface area (Å²) in [4.78, 5) is 103. The molecule has 0 saturated heterocycles. The minimum atomic E-state index is -4.34. The van der Waals surface area contributed by atoms with Crippen LogP contribution in [-0.4, -0.2) is 75.3 Å². The van der Waals surface area contributed by atoms with Gasteiger partial charge in [0, 0.05) is 37.7 Å². The van der Waals surface area contributed by atoms with Crippen LogP contribution >= 0.6 is 0 Å². The molecule has 2 heterocycles. The van der Waals surface area contributed by atoms with Crippen molar-refractivity contribution in [3.63, 3.8) is 0 Å². The molecule has 57 heavy (non-hydrogen) atoms. The van der Waals surface area contributed by atoms with E-state index in [9.17, 15) is 56.6 Å². The maximum Gasteiger partial charge on any atom is 0.389 e. The fraction of sp³-hybridized carbons (Fsp3) is 0.538. The van der Waals surface area contributed by atoms with E-state index in [2.05, 4.69) is 26.6 Å². The number of carbonyl (C=O) groups excluding carboxylic acids is 6. The maximum atomic E-state index is 13.6. The first kappa shape index (κ1) is 42.6. The summed E-state index contributed by atoms with van der Waals surface area (Å²) >= 11 is 0. The quantitative estimate of drug-likeness (QED) is 0.146. The summed E-state index contributed by atoms with van der Waals surface area (Å²) in [7, 11) is 0. The van der Waals surface area contributed by atoms with Gasteiger partial charge < -0.3 is 36.3 Å². The van der Waals surface area contributed by atoms with Crippen molar-refractivity contribution in [2.45, 2.75) is 108 Å². The summed E-state index contributed by atoms with van der Waals surface area (Å²) < 4.78 is 40.2. The summed E-state index contributed by atoms with van der Waals surface area (Å²) in [6, 6.07) is 5.85. The van der Waals surface area contributed by atoms with Crippen LogP contribution in [0.15, 0.2) is 41.3 Å². The molecule has 1 aliphatic heterocycles. The van der Waals surface area contributed by atoms with E-state index in [1.165, 1.54) is 30.5 Å². The van der Waals surface area contributed by atoms with Crippen LogP contribution in [0, 0.1) is 17.8 Å². The summed E-state index contributed by atoms with van der Waals surface area (Å²) in [6.07, 6.45) is -2.40. The number of hydrogen-bond acceptors (Lipinski definition) is 8. The van der Waals surface area contributed by atoms with Crippen LogP contribution in [-0.2, 0) is 48.3 Å². The first-order valence-corrected chi connectivity index (χ1v) is 19.1. The fourth-order valence-corrected chi connectivity index (χ4v) is 8.29. The number of fused-ring (bicyclic) bond motifs is 6. The highest BCUT2D eigenvalue weighted by atomic mass is 19.4. The van der Waals surface area contributed by atoms with Gasteiger partial charge in [-0.3, -0.25) is 33.6 Å². The largest absolute Gasteiger partial charge is 0.479 e. The predicted octanol–water partition coefficient (Wildman–Crippen LogP) is 2.74. The third-order valence-corrected chi connectivity index (χ3v) is 11.2. The highest BCUT2D eigenvalue weighted by Gasteiger charge is 2.54. The number of aliphatic carboxylic acids is 1. The third kappa shape index (κ3) is 10.7. The normalized spacial score (nSPS) is 22.1. The van der Waals surface area contributed by atoms with E-state index >= 15 is 0 Å². The van der Waals surface area contributed by atoms with Gasteiger partial charge in [-0.25, -0.2) is 4.79 Å². The predicted molar refractivity (Wildman–Crippen MR) is 197 cm³/mol. The number of amides is 5. The molecule has 6 N–H and O–H groups in total. The summed E-state index contributed by atoms with van der Waals surface area (Å²) in [5.74, 6) is -7.01. The van der Waals surface area contributed by atoms with Crippen LogP contribution in [0.1, 0.15) is 92.6 Å². The van der Waals surface area contributed by atoms with E-state index in [1.807, 2.05) is 0 Å². The molecule has 3 fully saturated rings. The average Bonchev–Trinajstić information content (AvgIpc) is 3.14. The highest BCUT2D eigenvalue weighted by molar-refractivity contribution is 6.36. The lowest BCUT2D eigenvalue weighted by Crippen LogP contribution is -2.64. The van der Waals surface area contributed by atoms with Crippen molar-refractivity contribution in [1.82, 2.24) is 25.8 Å². The van der Waals surface area contributed by atoms with Crippen molar-refractivity contribution in [2.75, 3.05) is 11.9 Å². The number of carbonyl (C=O) groups is 7. The number of aromatic nitrogens is 1. The molecule has 6 rings (SSSR count). The van der Waals surface area contributed by atoms with E-state index in [-0.39, 0.29) is 74.2 Å². The van der Waals surface area contributed by atoms with Gasteiger partial charge in [-0.2, -0.15) is 13.2 Å². The summed E-state index contributed by atoms with van der Waals surface area (Å²) in [5.41, 5.74) is -1.35. The number of Topliss-reactive ketones (excluding diaryl/α,β-unsaturated/α-hetero) is 1. The lowest BCUT2D eigenvalue weighted by molar-refractivity contribution is -0.158. The van der Waals surface area contributed by atoms with Gasteiger partial charge in [0.05, 0.1) is 6.42 Å². The van der Waals surface area contributed by atoms with Crippen molar-refractivity contribution in [3.05, 3.63) is 63.6 Å². The zero-order chi connectivity index (χ0) is 41.5. The van der Waals surface area contributed by atoms with Crippen molar-refractivity contribution in [2.24, 2.45) is 17.8 Å². The number of carboxylic acids is 1. The molecule has 5 atom stereocenters. The zero-order valence-corrected chi connectivity index (χ0v) is 31.5. The maximum absolute atomic E-state index is 13.6. The van der Waals surface area contributed by atoms with E-state index in [1.54, 1.807) is 13.0 Å². The number of anilines is 1. The second-order valence-electron chi connectivity index (χ2n) is 15.0. The molecule has 0 spiro atoms. The van der Waals surface area contributed by atoms with Crippen LogP contribution in [0.3, 0.4) is 0 Å². The molecule has 3 aliphatic carbocycles. The Bertz CT molecular complexity index is 1970. The Balaban J connectivity index is 1.31. The van der Waals surface area contributed by atoms with Gasteiger partial charge >= 0.3 is 12.1 Å². The van der Waals surface area contributed by atoms with Crippen LogP contribution in [0.4, 0.5) is 18.9 Å². The molecule has 3 saturated carbocycles. The Hall–Kier alpha value is -5.55. The lowest BCUT2D eigenvalue weighted by Gasteiger charge is -2.50. The smallest absolute Gasteiger partial charge is 0.389 e. The van der Waals surface area contributed by atoms with Gasteiger partial charge in [0.2, 0.25) is 23.5 Å². The number of carboxylic acid groups (broad SMARTS) is 1. The molecule has 1 aromatic heterocycles. The highest BCUT2D eigenvalue weighted by Crippen LogP contribution is 2.49. The molecule has 15 nitrogen and oxygen atoms in total. The number of hydrogen-bond donors (Lipinski definition) is 6. The first-order chi connectivity index (χ1) is 27.0. The Morgan fingerprint density at radius 2 is 1.81 bits per heavy atom. The number of likely N-dealkylation sites (N-methyl/N-ethyl adjacent to an activating group) is 1. The van der Waals surface area contributed by atoms with Gasteiger partial charge in [-0.15, -0.1) is 0 Å². The van der Waals surface area contributed by atoms with E-state index in [0.29, 0.717) is 24.8 Å². The Morgan fingerprint density at radius 3 is 2.53 bits per heavy atom. The SMILES string of the molecule is CCNC(=O)C(=O)CC[C@H](NC(=O)c1ccc2c(c1)CC(=O)NC2)C(=O)Nc1cccn(CC(=O)NC2(C(=O)O)CC3CCCCC2CC3CCC(F)(F)F)c1=O. The van der Waals surface area contributed by atoms with Gasteiger partial charge in [-0.1, -0.05) is 25.3 Å². The van der Waals surface area contributed by atoms with Crippen molar-refractivity contribution in [1.29, 1.82) is 0 Å². The number of pyridine rings is 1. The van der Waals surface area contributed by atoms with Crippen molar-refractivity contribution >= 4 is 47.0 Å². The third-order valence-electron chi connectivity index (χ3n) is 11.2. The van der Waals surface area contributed by atoms with Gasteiger partial charge in [0.15, 0.2) is 0 Å². The monoisotopic (exact) mass is 800 g/mol. The molecule has 4 aliphatic rings. The van der Waals surface area contributed by atoms with Crippen LogP contribution in [0.25, 0.3) is 0 Å². The minimum absolute atomic E-state index is 0.0389. The molecule has 308 valence electrons. The van der Waals surface area contributed by atoms with Crippen LogP contribution in [0.2, 0.25) is 0 Å². The summed E-state index contributed by atoms with van der Waals surface area (Å²) in [6.45, 7) is 1.44. The molecular weight excluding hydrogens is 753 g/mol. The molecule has 18 heteroatoms. The molecule has 1 aromatic carbocycles. The fourth-order valence-electron chi connectivity index (χ4n) is 8.29. The average molecular weight is 801 g/mol. The molecule has 5 amide bonds. The van der Waals surface area contributed by atoms with Crippen molar-refractivity contribution < 1.29 is 51.8 Å². The number of halogens is 3. The second kappa shape index (κ2) is 18.1. The number of nitrogens with one attached hydrogen (secondary N) is 5. The van der Waals surface area contributed by atoms with Crippen LogP contribution < -0.4 is 32.1 Å².